The molecule has 0 heteroatoms. The summed E-state index contributed by atoms with van der Waals surface area (Å²) in [7, 11) is 0. The third-order valence-electron chi connectivity index (χ3n) is 9.40. The van der Waals surface area contributed by atoms with Crippen LogP contribution in [0, 0.1) is 6.92 Å². The second-order valence-electron chi connectivity index (χ2n) is 12.1. The van der Waals surface area contributed by atoms with Crippen molar-refractivity contribution in [3.8, 4) is 22.3 Å². The van der Waals surface area contributed by atoms with Crippen LogP contribution >= 0.6 is 0 Å². The lowest BCUT2D eigenvalue weighted by molar-refractivity contribution is 0.850. The van der Waals surface area contributed by atoms with Gasteiger partial charge in [-0.05, 0) is 134 Å². The van der Waals surface area contributed by atoms with Gasteiger partial charge in [0.25, 0.3) is 0 Å². The van der Waals surface area contributed by atoms with Crippen LogP contribution in [0.25, 0.3) is 68.1 Å². The van der Waals surface area contributed by atoms with Crippen LogP contribution in [-0.4, -0.2) is 0 Å². The Morgan fingerprint density at radius 1 is 0.644 bits per heavy atom. The number of allylic oxidation sites excluding steroid dienone is 2. The molecule has 0 aliphatic heterocycles. The van der Waals surface area contributed by atoms with Crippen LogP contribution in [0.3, 0.4) is 0 Å². The number of hydrogen-bond donors (Lipinski definition) is 0. The summed E-state index contributed by atoms with van der Waals surface area (Å²) in [6.45, 7) is 10.6. The van der Waals surface area contributed by atoms with Crippen molar-refractivity contribution < 1.29 is 0 Å². The zero-order valence-electron chi connectivity index (χ0n) is 26.0. The molecular weight excluding hydrogens is 540 g/mol. The van der Waals surface area contributed by atoms with Crippen LogP contribution in [0.1, 0.15) is 51.8 Å². The maximum Gasteiger partial charge on any atom is -0.00881 e. The average molecular weight is 579 g/mol. The molecule has 0 unspecified atom stereocenters. The van der Waals surface area contributed by atoms with E-state index in [1.54, 1.807) is 0 Å². The molecule has 1 aliphatic rings. The highest BCUT2D eigenvalue weighted by molar-refractivity contribution is 6.02. The molecule has 45 heavy (non-hydrogen) atoms. The summed E-state index contributed by atoms with van der Waals surface area (Å²) in [5.41, 5.74) is 13.9. The van der Waals surface area contributed by atoms with Gasteiger partial charge in [0.15, 0.2) is 0 Å². The Bertz CT molecular complexity index is 2150. The molecule has 0 N–H and O–H groups in total. The largest absolute Gasteiger partial charge is 0.0984 e. The number of aryl methyl sites for hydroxylation is 1. The molecule has 0 amide bonds. The van der Waals surface area contributed by atoms with E-state index < -0.39 is 0 Å². The molecule has 6 aromatic rings. The van der Waals surface area contributed by atoms with Gasteiger partial charge in [-0.15, -0.1) is 0 Å². The van der Waals surface area contributed by atoms with Crippen molar-refractivity contribution in [2.75, 3.05) is 0 Å². The SMILES string of the molecule is C=Cc1c(C)c(/C=C\Cc2cccc3c2C=CCCC3)c2cc(-c3cccc(-c4ccc5ccccc5c4)c3)ccc2c1C=C. The lowest BCUT2D eigenvalue weighted by Crippen LogP contribution is -1.96. The zero-order chi connectivity index (χ0) is 30.8. The summed E-state index contributed by atoms with van der Waals surface area (Å²) in [6.07, 6.45) is 17.7. The molecule has 7 rings (SSSR count). The third kappa shape index (κ3) is 5.49. The lowest BCUT2D eigenvalue weighted by atomic mass is 9.87. The summed E-state index contributed by atoms with van der Waals surface area (Å²) in [6, 6.07) is 37.8. The van der Waals surface area contributed by atoms with Crippen LogP contribution < -0.4 is 0 Å². The molecule has 0 fully saturated rings. The van der Waals surface area contributed by atoms with E-state index in [0.29, 0.717) is 0 Å². The molecule has 0 radical (unpaired) electrons. The Balaban J connectivity index is 1.31. The molecule has 0 bridgehead atoms. The lowest BCUT2D eigenvalue weighted by Gasteiger charge is -2.17. The van der Waals surface area contributed by atoms with Crippen LogP contribution in [0.4, 0.5) is 0 Å². The van der Waals surface area contributed by atoms with Crippen molar-refractivity contribution in [1.82, 2.24) is 0 Å². The van der Waals surface area contributed by atoms with Gasteiger partial charge in [0.05, 0.1) is 0 Å². The topological polar surface area (TPSA) is 0 Å². The first-order chi connectivity index (χ1) is 22.1. The quantitative estimate of drug-likeness (QED) is 0.177. The predicted octanol–water partition coefficient (Wildman–Crippen LogP) is 12.5. The minimum absolute atomic E-state index is 0.897. The number of rotatable bonds is 7. The number of fused-ring (bicyclic) bond motifs is 3. The van der Waals surface area contributed by atoms with E-state index in [1.165, 1.54) is 78.0 Å². The molecule has 1 aliphatic carbocycles. The summed E-state index contributed by atoms with van der Waals surface area (Å²) >= 11 is 0. The normalized spacial score (nSPS) is 12.8. The second-order valence-corrected chi connectivity index (χ2v) is 12.1. The Morgan fingerprint density at radius 3 is 2.20 bits per heavy atom. The molecular formula is C45H38. The maximum atomic E-state index is 4.19. The molecule has 6 aromatic carbocycles. The van der Waals surface area contributed by atoms with E-state index in [4.69, 9.17) is 0 Å². The van der Waals surface area contributed by atoms with Crippen LogP contribution in [0.15, 0.2) is 128 Å². The van der Waals surface area contributed by atoms with Crippen molar-refractivity contribution in [3.05, 3.63) is 167 Å². The van der Waals surface area contributed by atoms with Crippen molar-refractivity contribution in [2.24, 2.45) is 0 Å². The van der Waals surface area contributed by atoms with Gasteiger partial charge in [-0.25, -0.2) is 0 Å². The fourth-order valence-corrected chi connectivity index (χ4v) is 7.01. The molecule has 218 valence electrons. The number of hydrogen-bond acceptors (Lipinski definition) is 0. The van der Waals surface area contributed by atoms with Gasteiger partial charge in [-0.1, -0.05) is 135 Å². The standard InChI is InChI=1S/C45H38/c1-4-40-31(3)42(23-13-19-34-18-11-17-33-15-7-6-8-22-43(33)34)45-30-39(26-27-44(45)41(40)5-2)37-21-12-20-36(29-37)38-25-24-32-14-9-10-16-35(32)28-38/h4-5,8-14,16-18,20-30H,1-2,6-7,15,19H2,3H3/b23-13-. The van der Waals surface area contributed by atoms with E-state index in [0.717, 1.165) is 30.4 Å². The molecule has 0 atom stereocenters. The summed E-state index contributed by atoms with van der Waals surface area (Å²) in [4.78, 5) is 0. The van der Waals surface area contributed by atoms with Gasteiger partial charge in [0.2, 0.25) is 0 Å². The fraction of sp³-hybridized carbons (Fsp3) is 0.111. The van der Waals surface area contributed by atoms with Crippen LogP contribution in [0.2, 0.25) is 0 Å². The zero-order valence-corrected chi connectivity index (χ0v) is 26.0. The van der Waals surface area contributed by atoms with Crippen molar-refractivity contribution in [3.63, 3.8) is 0 Å². The van der Waals surface area contributed by atoms with E-state index in [-0.39, 0.29) is 0 Å². The average Bonchev–Trinajstić information content (AvgIpc) is 3.35. The minimum Gasteiger partial charge on any atom is -0.0984 e. The Hall–Kier alpha value is -5.20. The first-order valence-electron chi connectivity index (χ1n) is 16.0. The van der Waals surface area contributed by atoms with Gasteiger partial charge in [-0.2, -0.15) is 0 Å². The molecule has 0 heterocycles. The highest BCUT2D eigenvalue weighted by Crippen LogP contribution is 2.37. The molecule has 0 spiro atoms. The Morgan fingerprint density at radius 2 is 1.38 bits per heavy atom. The molecule has 0 saturated heterocycles. The van der Waals surface area contributed by atoms with E-state index >= 15 is 0 Å². The first kappa shape index (κ1) is 28.6. The fourth-order valence-electron chi connectivity index (χ4n) is 7.01. The molecule has 0 saturated carbocycles. The number of benzene rings is 6. The third-order valence-corrected chi connectivity index (χ3v) is 9.40. The van der Waals surface area contributed by atoms with Crippen molar-refractivity contribution in [1.29, 1.82) is 0 Å². The molecule has 0 aromatic heterocycles. The maximum absolute atomic E-state index is 4.19. The Kier molecular flexibility index (Phi) is 7.89. The monoisotopic (exact) mass is 578 g/mol. The minimum atomic E-state index is 0.897. The summed E-state index contributed by atoms with van der Waals surface area (Å²) in [5, 5.41) is 4.97. The van der Waals surface area contributed by atoms with Crippen molar-refractivity contribution >= 4 is 45.8 Å². The predicted molar refractivity (Wildman–Crippen MR) is 198 cm³/mol. The highest BCUT2D eigenvalue weighted by Gasteiger charge is 2.14. The van der Waals surface area contributed by atoms with Gasteiger partial charge in [0.1, 0.15) is 0 Å². The van der Waals surface area contributed by atoms with E-state index in [1.807, 2.05) is 12.2 Å². The first-order valence-corrected chi connectivity index (χ1v) is 16.0. The summed E-state index contributed by atoms with van der Waals surface area (Å²) < 4.78 is 0. The smallest absolute Gasteiger partial charge is 0.00881 e. The van der Waals surface area contributed by atoms with Gasteiger partial charge in [-0.3, -0.25) is 0 Å². The highest BCUT2D eigenvalue weighted by atomic mass is 14.2. The van der Waals surface area contributed by atoms with Gasteiger partial charge >= 0.3 is 0 Å². The van der Waals surface area contributed by atoms with Gasteiger partial charge < -0.3 is 0 Å². The summed E-state index contributed by atoms with van der Waals surface area (Å²) in [5.74, 6) is 0. The Labute approximate surface area is 267 Å². The van der Waals surface area contributed by atoms with E-state index in [2.05, 4.69) is 148 Å². The van der Waals surface area contributed by atoms with Gasteiger partial charge in [0, 0.05) is 0 Å². The second kappa shape index (κ2) is 12.4. The molecule has 0 nitrogen and oxygen atoms in total. The van der Waals surface area contributed by atoms with Crippen LogP contribution in [0.5, 0.6) is 0 Å². The van der Waals surface area contributed by atoms with E-state index in [9.17, 15) is 0 Å². The van der Waals surface area contributed by atoms with Crippen molar-refractivity contribution in [2.45, 2.75) is 32.6 Å². The van der Waals surface area contributed by atoms with Crippen LogP contribution in [-0.2, 0) is 12.8 Å².